The highest BCUT2D eigenvalue weighted by molar-refractivity contribution is 5.94. The van der Waals surface area contributed by atoms with E-state index in [1.165, 1.54) is 25.5 Å². The van der Waals surface area contributed by atoms with Gasteiger partial charge in [0.25, 0.3) is 0 Å². The molecule has 210 valence electrons. The van der Waals surface area contributed by atoms with Gasteiger partial charge in [0.2, 0.25) is 0 Å². The Bertz CT molecular complexity index is 1380. The van der Waals surface area contributed by atoms with E-state index in [0.717, 1.165) is 60.3 Å². The molecule has 0 spiro atoms. The van der Waals surface area contributed by atoms with Gasteiger partial charge in [-0.2, -0.15) is 0 Å². The molecule has 2 N–H and O–H groups in total. The Morgan fingerprint density at radius 3 is 2.75 bits per heavy atom. The Balaban J connectivity index is 0.00000337. The van der Waals surface area contributed by atoms with Crippen LogP contribution in [-0.4, -0.2) is 38.9 Å². The van der Waals surface area contributed by atoms with E-state index < -0.39 is 0 Å². The summed E-state index contributed by atoms with van der Waals surface area (Å²) in [5, 5.41) is 7.60. The van der Waals surface area contributed by atoms with Crippen molar-refractivity contribution in [3.05, 3.63) is 107 Å². The van der Waals surface area contributed by atoms with Crippen molar-refractivity contribution < 1.29 is 15.7 Å². The van der Waals surface area contributed by atoms with Crippen LogP contribution in [0.3, 0.4) is 0 Å². The molecule has 5 atom stereocenters. The lowest BCUT2D eigenvalue weighted by molar-refractivity contribution is 0.0558. The van der Waals surface area contributed by atoms with E-state index in [9.17, 15) is 4.79 Å². The second kappa shape index (κ2) is 11.5. The summed E-state index contributed by atoms with van der Waals surface area (Å²) in [5.74, 6) is 1.38. The summed E-state index contributed by atoms with van der Waals surface area (Å²) in [6.07, 6.45) is 14.1. The Morgan fingerprint density at radius 1 is 1.10 bits per heavy atom. The Morgan fingerprint density at radius 2 is 1.95 bits per heavy atom. The summed E-state index contributed by atoms with van der Waals surface area (Å²) in [6, 6.07) is 16.6. The van der Waals surface area contributed by atoms with Crippen LogP contribution in [0.25, 0.3) is 5.57 Å². The molecule has 4 aliphatic rings. The molecule has 1 heterocycles. The van der Waals surface area contributed by atoms with Gasteiger partial charge in [-0.05, 0) is 78.9 Å². The first-order valence-electron chi connectivity index (χ1n) is 14.7. The van der Waals surface area contributed by atoms with E-state index in [0.29, 0.717) is 29.4 Å². The molecule has 2 saturated carbocycles. The molecule has 2 aromatic rings. The average molecular weight is 539 g/mol. The zero-order chi connectivity index (χ0) is 27.6. The van der Waals surface area contributed by atoms with Crippen LogP contribution < -0.4 is 10.6 Å². The van der Waals surface area contributed by atoms with Crippen molar-refractivity contribution >= 4 is 17.2 Å². The number of hydrogen-bond acceptors (Lipinski definition) is 5. The number of esters is 1. The van der Waals surface area contributed by atoms with Crippen LogP contribution in [0.2, 0.25) is 0 Å². The molecule has 2 fully saturated rings. The fourth-order valence-electron chi connectivity index (χ4n) is 6.77. The molecule has 0 amide bonds. The standard InChI is InChI=1S/C35H40N2O3.H2/c1-22(24-10-7-11-29(16-24)39-2)37-28-20-33-26(13-12-25-18-32(25)33)17-31(23-8-5-4-6-9-23)30-15-14-27(35(38)40-3)19-34(30)36-21-28;/h4-6,8-9,12-15,17,19,24-25,28-29,32,36-37H,1,7,10-11,16,18,20-21H2,2-3H3;1H/b31-17+;. The number of carbonyl (C=O) groups is 1. The van der Waals surface area contributed by atoms with Crippen LogP contribution in [0, 0.1) is 17.8 Å². The SMILES string of the molecule is C=C(NC1CNc2cc(C(=O)OC)ccc2/C(c2ccccc2)=C/C2=C(C1)C1CC1C=C2)C1CCCC(OC)C1.[HH]. The number of ether oxygens (including phenoxy) is 2. The number of carbonyl (C=O) groups excluding carboxylic acids is 1. The number of rotatable bonds is 6. The number of hydrogen-bond donors (Lipinski definition) is 2. The third-order valence-electron chi connectivity index (χ3n) is 9.14. The van der Waals surface area contributed by atoms with Gasteiger partial charge in [0.05, 0.1) is 18.8 Å². The van der Waals surface area contributed by atoms with E-state index >= 15 is 0 Å². The van der Waals surface area contributed by atoms with Crippen LogP contribution in [0.4, 0.5) is 5.69 Å². The first-order chi connectivity index (χ1) is 19.5. The van der Waals surface area contributed by atoms with E-state index in [1.807, 2.05) is 25.3 Å². The summed E-state index contributed by atoms with van der Waals surface area (Å²) < 4.78 is 10.8. The molecular formula is C35H42N2O3. The first-order valence-corrected chi connectivity index (χ1v) is 14.7. The van der Waals surface area contributed by atoms with Crippen LogP contribution in [0.1, 0.15) is 61.4 Å². The van der Waals surface area contributed by atoms with Crippen LogP contribution in [0.5, 0.6) is 0 Å². The topological polar surface area (TPSA) is 59.6 Å². The average Bonchev–Trinajstić information content (AvgIpc) is 3.80. The Labute approximate surface area is 239 Å². The van der Waals surface area contributed by atoms with Gasteiger partial charge in [0.1, 0.15) is 0 Å². The number of anilines is 1. The smallest absolute Gasteiger partial charge is 0.337 e. The largest absolute Gasteiger partial charge is 0.465 e. The third-order valence-corrected chi connectivity index (χ3v) is 9.14. The zero-order valence-corrected chi connectivity index (χ0v) is 23.6. The lowest BCUT2D eigenvalue weighted by atomic mass is 9.84. The van der Waals surface area contributed by atoms with Gasteiger partial charge in [-0.1, -0.05) is 67.1 Å². The van der Waals surface area contributed by atoms with Crippen molar-refractivity contribution in [3.8, 4) is 0 Å². The Kier molecular flexibility index (Phi) is 7.66. The highest BCUT2D eigenvalue weighted by atomic mass is 16.5. The summed E-state index contributed by atoms with van der Waals surface area (Å²) >= 11 is 0. The first kappa shape index (κ1) is 26.6. The van der Waals surface area contributed by atoms with Crippen molar-refractivity contribution in [2.45, 2.75) is 50.7 Å². The van der Waals surface area contributed by atoms with E-state index in [2.05, 4.69) is 65.8 Å². The van der Waals surface area contributed by atoms with Gasteiger partial charge >= 0.3 is 5.97 Å². The van der Waals surface area contributed by atoms with E-state index in [-0.39, 0.29) is 13.4 Å². The molecular weight excluding hydrogens is 496 g/mol. The van der Waals surface area contributed by atoms with Gasteiger partial charge in [-0.3, -0.25) is 0 Å². The molecule has 5 nitrogen and oxygen atoms in total. The number of fused-ring (bicyclic) bond motifs is 3. The minimum Gasteiger partial charge on any atom is -0.465 e. The van der Waals surface area contributed by atoms with Gasteiger partial charge in [-0.25, -0.2) is 4.79 Å². The predicted molar refractivity (Wildman–Crippen MR) is 163 cm³/mol. The van der Waals surface area contributed by atoms with Crippen molar-refractivity contribution in [2.75, 3.05) is 26.1 Å². The molecule has 0 bridgehead atoms. The fraction of sp³-hybridized carbons (Fsp3) is 0.400. The number of allylic oxidation sites excluding steroid dienone is 5. The fourth-order valence-corrected chi connectivity index (χ4v) is 6.77. The van der Waals surface area contributed by atoms with Crippen LogP contribution >= 0.6 is 0 Å². The van der Waals surface area contributed by atoms with Crippen molar-refractivity contribution in [2.24, 2.45) is 17.8 Å². The quantitative estimate of drug-likeness (QED) is 0.383. The molecule has 5 unspecified atom stereocenters. The maximum absolute atomic E-state index is 12.5. The van der Waals surface area contributed by atoms with Crippen molar-refractivity contribution in [1.82, 2.24) is 5.32 Å². The molecule has 1 aliphatic heterocycles. The molecule has 0 saturated heterocycles. The highest BCUT2D eigenvalue weighted by Gasteiger charge is 2.41. The van der Waals surface area contributed by atoms with Gasteiger partial charge in [-0.15, -0.1) is 0 Å². The van der Waals surface area contributed by atoms with Crippen molar-refractivity contribution in [3.63, 3.8) is 0 Å². The summed E-state index contributed by atoms with van der Waals surface area (Å²) in [7, 11) is 3.25. The third kappa shape index (κ3) is 5.53. The second-order valence-corrected chi connectivity index (χ2v) is 11.7. The lowest BCUT2D eigenvalue weighted by Crippen LogP contribution is -2.39. The summed E-state index contributed by atoms with van der Waals surface area (Å²) in [5.41, 5.74) is 8.83. The Hall–Kier alpha value is -3.57. The minimum atomic E-state index is -0.333. The molecule has 2 aromatic carbocycles. The molecule has 0 radical (unpaired) electrons. The minimum absolute atomic E-state index is 0. The molecule has 40 heavy (non-hydrogen) atoms. The molecule has 6 rings (SSSR count). The zero-order valence-electron chi connectivity index (χ0n) is 23.6. The summed E-state index contributed by atoms with van der Waals surface area (Å²) in [6.45, 7) is 5.24. The predicted octanol–water partition coefficient (Wildman–Crippen LogP) is 7.15. The van der Waals surface area contributed by atoms with Crippen molar-refractivity contribution in [1.29, 1.82) is 0 Å². The normalized spacial score (nSPS) is 28.6. The van der Waals surface area contributed by atoms with Gasteiger partial charge < -0.3 is 20.1 Å². The second-order valence-electron chi connectivity index (χ2n) is 11.7. The number of nitrogens with one attached hydrogen (secondary N) is 2. The van der Waals surface area contributed by atoms with E-state index in [4.69, 9.17) is 9.47 Å². The van der Waals surface area contributed by atoms with Gasteiger partial charge in [0, 0.05) is 44.0 Å². The number of benzene rings is 2. The molecule has 5 heteroatoms. The lowest BCUT2D eigenvalue weighted by Gasteiger charge is -2.33. The van der Waals surface area contributed by atoms with Gasteiger partial charge in [0.15, 0.2) is 0 Å². The van der Waals surface area contributed by atoms with E-state index in [1.54, 1.807) is 5.57 Å². The molecule has 3 aliphatic carbocycles. The molecule has 0 aromatic heterocycles. The maximum atomic E-state index is 12.5. The maximum Gasteiger partial charge on any atom is 0.337 e. The van der Waals surface area contributed by atoms with Crippen LogP contribution in [-0.2, 0) is 9.47 Å². The summed E-state index contributed by atoms with van der Waals surface area (Å²) in [4.78, 5) is 12.5. The monoisotopic (exact) mass is 538 g/mol. The van der Waals surface area contributed by atoms with Crippen LogP contribution in [0.15, 0.2) is 90.2 Å². The number of methoxy groups -OCH3 is 2. The highest BCUT2D eigenvalue weighted by Crippen LogP contribution is 2.51.